The molecule has 0 aliphatic rings. The highest BCUT2D eigenvalue weighted by molar-refractivity contribution is 5.28. The summed E-state index contributed by atoms with van der Waals surface area (Å²) >= 11 is 0. The Bertz CT molecular complexity index is 354. The third-order valence-electron chi connectivity index (χ3n) is 3.36. The first kappa shape index (κ1) is 15.2. The predicted octanol–water partition coefficient (Wildman–Crippen LogP) is 4.16. The lowest BCUT2D eigenvalue weighted by atomic mass is 9.83. The van der Waals surface area contributed by atoms with Crippen molar-refractivity contribution in [2.75, 3.05) is 13.1 Å². The lowest BCUT2D eigenvalue weighted by Crippen LogP contribution is -2.31. The second-order valence-electron chi connectivity index (χ2n) is 7.07. The number of hydrogen-bond donors (Lipinski definition) is 1. The predicted molar refractivity (Wildman–Crippen MR) is 81.2 cm³/mol. The first-order valence-electron chi connectivity index (χ1n) is 7.05. The van der Waals surface area contributed by atoms with Gasteiger partial charge in [0.25, 0.3) is 0 Å². The van der Waals surface area contributed by atoms with Gasteiger partial charge in [-0.25, -0.2) is 0 Å². The second-order valence-corrected chi connectivity index (χ2v) is 7.07. The Morgan fingerprint density at radius 2 is 1.50 bits per heavy atom. The highest BCUT2D eigenvalue weighted by Gasteiger charge is 2.18. The van der Waals surface area contributed by atoms with Crippen LogP contribution >= 0.6 is 0 Å². The molecule has 0 atom stereocenters. The quantitative estimate of drug-likeness (QED) is 0.823. The monoisotopic (exact) mass is 247 g/mol. The standard InChI is InChI=1S/C17H29N/c1-7-18-13-17(5,6)12-14-8-10-15(11-9-14)16(2,3)4/h8-11,18H,7,12-13H2,1-6H3. The summed E-state index contributed by atoms with van der Waals surface area (Å²) in [7, 11) is 0. The molecule has 0 bridgehead atoms. The summed E-state index contributed by atoms with van der Waals surface area (Å²) in [6.07, 6.45) is 1.13. The molecule has 0 aliphatic carbocycles. The third kappa shape index (κ3) is 4.81. The van der Waals surface area contributed by atoms with Crippen LogP contribution in [0.25, 0.3) is 0 Å². The fourth-order valence-corrected chi connectivity index (χ4v) is 2.20. The maximum Gasteiger partial charge on any atom is 0.000559 e. The molecular weight excluding hydrogens is 218 g/mol. The van der Waals surface area contributed by atoms with Gasteiger partial charge in [-0.05, 0) is 34.9 Å². The van der Waals surface area contributed by atoms with Crippen LogP contribution < -0.4 is 5.32 Å². The first-order chi connectivity index (χ1) is 8.24. The Hall–Kier alpha value is -0.820. The van der Waals surface area contributed by atoms with Crippen LogP contribution in [0.1, 0.15) is 52.7 Å². The molecule has 0 amide bonds. The minimum atomic E-state index is 0.248. The van der Waals surface area contributed by atoms with Gasteiger partial charge in [0.05, 0.1) is 0 Å². The van der Waals surface area contributed by atoms with E-state index in [4.69, 9.17) is 0 Å². The zero-order valence-electron chi connectivity index (χ0n) is 12.9. The number of nitrogens with one attached hydrogen (secondary N) is 1. The molecule has 18 heavy (non-hydrogen) atoms. The summed E-state index contributed by atoms with van der Waals surface area (Å²) in [5, 5.41) is 3.44. The Kier molecular flexibility index (Phi) is 4.98. The molecule has 0 aromatic heterocycles. The Morgan fingerprint density at radius 3 is 1.94 bits per heavy atom. The van der Waals surface area contributed by atoms with E-state index in [1.165, 1.54) is 11.1 Å². The van der Waals surface area contributed by atoms with Crippen molar-refractivity contribution in [3.63, 3.8) is 0 Å². The summed E-state index contributed by atoms with van der Waals surface area (Å²) in [6, 6.07) is 9.12. The number of rotatable bonds is 5. The van der Waals surface area contributed by atoms with Crippen LogP contribution in [0.4, 0.5) is 0 Å². The molecule has 0 unspecified atom stereocenters. The van der Waals surface area contributed by atoms with Crippen LogP contribution in [0.3, 0.4) is 0 Å². The molecule has 1 aromatic carbocycles. The number of hydrogen-bond acceptors (Lipinski definition) is 1. The van der Waals surface area contributed by atoms with E-state index in [0.29, 0.717) is 5.41 Å². The Balaban J connectivity index is 2.69. The van der Waals surface area contributed by atoms with Gasteiger partial charge in [0.15, 0.2) is 0 Å². The van der Waals surface area contributed by atoms with Gasteiger partial charge in [-0.15, -0.1) is 0 Å². The SMILES string of the molecule is CCNCC(C)(C)Cc1ccc(C(C)(C)C)cc1. The van der Waals surface area contributed by atoms with Crippen LogP contribution in [-0.2, 0) is 11.8 Å². The number of benzene rings is 1. The van der Waals surface area contributed by atoms with Crippen molar-refractivity contribution in [1.82, 2.24) is 5.32 Å². The van der Waals surface area contributed by atoms with Crippen molar-refractivity contribution in [1.29, 1.82) is 0 Å². The average Bonchev–Trinajstić information content (AvgIpc) is 2.25. The van der Waals surface area contributed by atoms with E-state index in [9.17, 15) is 0 Å². The molecule has 102 valence electrons. The van der Waals surface area contributed by atoms with E-state index in [0.717, 1.165) is 19.5 Å². The van der Waals surface area contributed by atoms with E-state index in [1.807, 2.05) is 0 Å². The minimum absolute atomic E-state index is 0.248. The van der Waals surface area contributed by atoms with Gasteiger partial charge in [-0.1, -0.05) is 65.8 Å². The van der Waals surface area contributed by atoms with Gasteiger partial charge in [0.2, 0.25) is 0 Å². The highest BCUT2D eigenvalue weighted by atomic mass is 14.9. The Labute approximate surface area is 113 Å². The molecule has 0 radical (unpaired) electrons. The molecule has 1 N–H and O–H groups in total. The maximum atomic E-state index is 3.44. The molecule has 1 aromatic rings. The molecule has 1 heteroatoms. The molecule has 0 spiro atoms. The van der Waals surface area contributed by atoms with Crippen molar-refractivity contribution in [3.8, 4) is 0 Å². The molecule has 0 fully saturated rings. The topological polar surface area (TPSA) is 12.0 Å². The van der Waals surface area contributed by atoms with Gasteiger partial charge in [-0.2, -0.15) is 0 Å². The second kappa shape index (κ2) is 5.88. The zero-order chi connectivity index (χ0) is 13.8. The van der Waals surface area contributed by atoms with Crippen LogP contribution in [0.15, 0.2) is 24.3 Å². The van der Waals surface area contributed by atoms with E-state index in [1.54, 1.807) is 0 Å². The largest absolute Gasteiger partial charge is 0.316 e. The van der Waals surface area contributed by atoms with E-state index < -0.39 is 0 Å². The molecule has 0 aliphatic heterocycles. The first-order valence-corrected chi connectivity index (χ1v) is 7.05. The van der Waals surface area contributed by atoms with E-state index in [-0.39, 0.29) is 5.41 Å². The van der Waals surface area contributed by atoms with E-state index in [2.05, 4.69) is 71.1 Å². The van der Waals surface area contributed by atoms with Crippen molar-refractivity contribution < 1.29 is 0 Å². The molecule has 0 heterocycles. The smallest absolute Gasteiger partial charge is 0.000559 e. The third-order valence-corrected chi connectivity index (χ3v) is 3.36. The molecule has 0 saturated carbocycles. The normalized spacial score (nSPS) is 12.8. The van der Waals surface area contributed by atoms with Crippen molar-refractivity contribution in [2.24, 2.45) is 5.41 Å². The summed E-state index contributed by atoms with van der Waals surface area (Å²) in [5.74, 6) is 0. The molecule has 1 nitrogen and oxygen atoms in total. The van der Waals surface area contributed by atoms with Gasteiger partial charge < -0.3 is 5.32 Å². The minimum Gasteiger partial charge on any atom is -0.316 e. The van der Waals surface area contributed by atoms with E-state index >= 15 is 0 Å². The van der Waals surface area contributed by atoms with Crippen LogP contribution in [0.5, 0.6) is 0 Å². The maximum absolute atomic E-state index is 3.44. The lowest BCUT2D eigenvalue weighted by Gasteiger charge is -2.26. The summed E-state index contributed by atoms with van der Waals surface area (Å²) in [5.41, 5.74) is 3.42. The summed E-state index contributed by atoms with van der Waals surface area (Å²) in [4.78, 5) is 0. The molecule has 1 rings (SSSR count). The summed E-state index contributed by atoms with van der Waals surface area (Å²) in [6.45, 7) is 15.7. The van der Waals surface area contributed by atoms with Crippen molar-refractivity contribution >= 4 is 0 Å². The van der Waals surface area contributed by atoms with Gasteiger partial charge >= 0.3 is 0 Å². The van der Waals surface area contributed by atoms with Crippen LogP contribution in [0.2, 0.25) is 0 Å². The van der Waals surface area contributed by atoms with Gasteiger partial charge in [0, 0.05) is 6.54 Å². The fraction of sp³-hybridized carbons (Fsp3) is 0.647. The summed E-state index contributed by atoms with van der Waals surface area (Å²) < 4.78 is 0. The van der Waals surface area contributed by atoms with Crippen LogP contribution in [-0.4, -0.2) is 13.1 Å². The van der Waals surface area contributed by atoms with Crippen molar-refractivity contribution in [2.45, 2.75) is 53.4 Å². The Morgan fingerprint density at radius 1 is 0.944 bits per heavy atom. The molecular formula is C17H29N. The van der Waals surface area contributed by atoms with Crippen molar-refractivity contribution in [3.05, 3.63) is 35.4 Å². The average molecular weight is 247 g/mol. The lowest BCUT2D eigenvalue weighted by molar-refractivity contribution is 0.342. The van der Waals surface area contributed by atoms with Crippen LogP contribution in [0, 0.1) is 5.41 Å². The van der Waals surface area contributed by atoms with Gasteiger partial charge in [-0.3, -0.25) is 0 Å². The van der Waals surface area contributed by atoms with Gasteiger partial charge in [0.1, 0.15) is 0 Å². The highest BCUT2D eigenvalue weighted by Crippen LogP contribution is 2.25. The fourth-order valence-electron chi connectivity index (χ4n) is 2.20. The zero-order valence-corrected chi connectivity index (χ0v) is 12.9. The molecule has 0 saturated heterocycles.